The van der Waals surface area contributed by atoms with Crippen LogP contribution >= 0.6 is 0 Å². The number of nitrogens with one attached hydrogen (secondary N) is 3. The molecule has 3 amide bonds. The van der Waals surface area contributed by atoms with Gasteiger partial charge in [0.05, 0.1) is 12.1 Å². The van der Waals surface area contributed by atoms with Crippen molar-refractivity contribution < 1.29 is 29.7 Å². The molecule has 10 N–H and O–H groups in total. The number of amides is 3. The topological polar surface area (TPSA) is 203 Å². The number of nitrogens with zero attached hydrogens (tertiary/aromatic N) is 1. The Labute approximate surface area is 239 Å². The number of likely N-dealkylation sites (N-methyl/N-ethyl adjacent to an activating group) is 1. The summed E-state index contributed by atoms with van der Waals surface area (Å²) in [7, 11) is 1.46. The number of phenols is 2. The van der Waals surface area contributed by atoms with Crippen LogP contribution in [0.25, 0.3) is 11.1 Å². The van der Waals surface area contributed by atoms with Crippen molar-refractivity contribution >= 4 is 17.7 Å². The van der Waals surface area contributed by atoms with Crippen molar-refractivity contribution in [2.75, 3.05) is 26.7 Å². The molecule has 41 heavy (non-hydrogen) atoms. The number of hydrogen-bond acceptors (Lipinski definition) is 9. The Bertz CT molecular complexity index is 1270. The van der Waals surface area contributed by atoms with Gasteiger partial charge in [-0.15, -0.1) is 0 Å². The fourth-order valence-corrected chi connectivity index (χ4v) is 5.33. The summed E-state index contributed by atoms with van der Waals surface area (Å²) in [6.45, 7) is 1.37. The van der Waals surface area contributed by atoms with Crippen LogP contribution in [0.15, 0.2) is 36.4 Å². The SMILES string of the molecule is CN1C(=O)[C@H](C[C@H](O)CN)NC(=O)[C@H](N)Cc2cc(ccc2O)-c2ccc(O)c(c2)C[C@H]1C(=O)NC1CCNCC1. The number of carbonyl (C=O) groups excluding carboxylic acids is 3. The highest BCUT2D eigenvalue weighted by Gasteiger charge is 2.35. The molecule has 2 aliphatic heterocycles. The van der Waals surface area contributed by atoms with Gasteiger partial charge in [0, 0.05) is 38.9 Å². The Hall–Kier alpha value is -3.71. The molecule has 2 heterocycles. The third-order valence-corrected chi connectivity index (χ3v) is 7.88. The molecular formula is C29H40N6O6. The lowest BCUT2D eigenvalue weighted by Crippen LogP contribution is -2.58. The molecule has 4 bridgehead atoms. The van der Waals surface area contributed by atoms with Crippen molar-refractivity contribution in [2.24, 2.45) is 11.5 Å². The van der Waals surface area contributed by atoms with Gasteiger partial charge in [0.15, 0.2) is 0 Å². The number of benzene rings is 2. The highest BCUT2D eigenvalue weighted by Crippen LogP contribution is 2.31. The molecule has 4 atom stereocenters. The van der Waals surface area contributed by atoms with Gasteiger partial charge in [-0.2, -0.15) is 0 Å². The summed E-state index contributed by atoms with van der Waals surface area (Å²) < 4.78 is 0. The Morgan fingerprint density at radius 1 is 1.05 bits per heavy atom. The molecule has 2 aromatic rings. The summed E-state index contributed by atoms with van der Waals surface area (Å²) in [4.78, 5) is 41.9. The highest BCUT2D eigenvalue weighted by molar-refractivity contribution is 5.93. The third kappa shape index (κ3) is 7.33. The molecule has 0 radical (unpaired) electrons. The number of aromatic hydroxyl groups is 2. The number of carbonyl (C=O) groups is 3. The van der Waals surface area contributed by atoms with E-state index in [0.29, 0.717) is 22.3 Å². The first-order valence-electron chi connectivity index (χ1n) is 13.9. The first-order chi connectivity index (χ1) is 19.6. The summed E-state index contributed by atoms with van der Waals surface area (Å²) in [5.74, 6) is -1.74. The highest BCUT2D eigenvalue weighted by atomic mass is 16.3. The zero-order chi connectivity index (χ0) is 29.7. The fourth-order valence-electron chi connectivity index (χ4n) is 5.33. The predicted octanol–water partition coefficient (Wildman–Crippen LogP) is -0.920. The van der Waals surface area contributed by atoms with Gasteiger partial charge in [-0.05, 0) is 72.5 Å². The van der Waals surface area contributed by atoms with E-state index in [1.807, 2.05) is 0 Å². The molecule has 0 aliphatic carbocycles. The first-order valence-corrected chi connectivity index (χ1v) is 13.9. The standard InChI is InChI=1S/C29H40N6O6/c1-35-24(28(40)33-20-6-8-32-9-7-20)13-19-11-17(3-5-26(19)38)16-2-4-25(37)18(10-16)12-22(31)27(39)34-23(29(35)41)14-21(36)15-30/h2-5,10-11,20-24,32,36-38H,6-9,12-15,30-31H2,1H3,(H,33,40)(H,34,39)/t21-,22+,23-,24-/m0/s1. The number of fused-ring (bicyclic) bond motifs is 5. The molecule has 2 aliphatic rings. The van der Waals surface area contributed by atoms with Crippen LogP contribution in [-0.2, 0) is 27.2 Å². The number of rotatable bonds is 5. The molecule has 2 aromatic carbocycles. The van der Waals surface area contributed by atoms with Crippen LogP contribution in [0.3, 0.4) is 0 Å². The molecule has 0 saturated carbocycles. The van der Waals surface area contributed by atoms with Gasteiger partial charge >= 0.3 is 0 Å². The lowest BCUT2D eigenvalue weighted by atomic mass is 9.95. The van der Waals surface area contributed by atoms with Crippen molar-refractivity contribution in [3.63, 3.8) is 0 Å². The first kappa shape index (κ1) is 30.3. The zero-order valence-electron chi connectivity index (χ0n) is 23.2. The number of nitrogens with two attached hydrogens (primary N) is 2. The van der Waals surface area contributed by atoms with E-state index in [4.69, 9.17) is 11.5 Å². The molecule has 12 heteroatoms. The number of hydrogen-bond donors (Lipinski definition) is 8. The lowest BCUT2D eigenvalue weighted by molar-refractivity contribution is -0.142. The van der Waals surface area contributed by atoms with Crippen LogP contribution in [0, 0.1) is 0 Å². The normalized spacial score (nSPS) is 23.2. The number of piperidine rings is 1. The van der Waals surface area contributed by atoms with Crippen LogP contribution in [0.5, 0.6) is 11.5 Å². The van der Waals surface area contributed by atoms with E-state index in [0.717, 1.165) is 25.9 Å². The summed E-state index contributed by atoms with van der Waals surface area (Å²) in [6, 6.07) is 6.45. The van der Waals surface area contributed by atoms with Crippen LogP contribution < -0.4 is 27.4 Å². The van der Waals surface area contributed by atoms with Crippen molar-refractivity contribution in [3.8, 4) is 22.6 Å². The van der Waals surface area contributed by atoms with E-state index in [1.54, 1.807) is 24.3 Å². The van der Waals surface area contributed by atoms with Crippen molar-refractivity contribution in [2.45, 2.75) is 62.4 Å². The minimum absolute atomic E-state index is 0.0106. The van der Waals surface area contributed by atoms with Gasteiger partial charge in [0.1, 0.15) is 23.6 Å². The van der Waals surface area contributed by atoms with E-state index in [1.165, 1.54) is 24.1 Å². The maximum atomic E-state index is 13.8. The number of aliphatic hydroxyl groups excluding tert-OH is 1. The minimum atomic E-state index is -1.23. The summed E-state index contributed by atoms with van der Waals surface area (Å²) in [5, 5.41) is 40.5. The van der Waals surface area contributed by atoms with E-state index < -0.39 is 42.0 Å². The molecular weight excluding hydrogens is 528 g/mol. The molecule has 1 saturated heterocycles. The molecule has 0 unspecified atom stereocenters. The Morgan fingerprint density at radius 3 is 2.22 bits per heavy atom. The van der Waals surface area contributed by atoms with E-state index in [-0.39, 0.29) is 43.3 Å². The molecule has 1 fully saturated rings. The Kier molecular flexibility index (Phi) is 9.81. The van der Waals surface area contributed by atoms with Crippen molar-refractivity contribution in [3.05, 3.63) is 47.5 Å². The summed E-state index contributed by atoms with van der Waals surface area (Å²) in [6.07, 6.45) is 0.150. The van der Waals surface area contributed by atoms with Gasteiger partial charge < -0.3 is 47.6 Å². The van der Waals surface area contributed by atoms with E-state index in [9.17, 15) is 29.7 Å². The second-order valence-electron chi connectivity index (χ2n) is 10.9. The Balaban J connectivity index is 1.78. The van der Waals surface area contributed by atoms with Gasteiger partial charge in [0.25, 0.3) is 0 Å². The molecule has 0 spiro atoms. The molecule has 4 rings (SSSR count). The minimum Gasteiger partial charge on any atom is -0.508 e. The van der Waals surface area contributed by atoms with Crippen molar-refractivity contribution in [1.29, 1.82) is 0 Å². The second kappa shape index (κ2) is 13.3. The van der Waals surface area contributed by atoms with Crippen LogP contribution in [0.4, 0.5) is 0 Å². The fraction of sp³-hybridized carbons (Fsp3) is 0.483. The van der Waals surface area contributed by atoms with Gasteiger partial charge in [-0.25, -0.2) is 0 Å². The quantitative estimate of drug-likeness (QED) is 0.224. The molecule has 12 nitrogen and oxygen atoms in total. The monoisotopic (exact) mass is 568 g/mol. The van der Waals surface area contributed by atoms with Gasteiger partial charge in [-0.1, -0.05) is 12.1 Å². The van der Waals surface area contributed by atoms with Gasteiger partial charge in [0.2, 0.25) is 17.7 Å². The number of phenolic OH excluding ortho intramolecular Hbond substituents is 2. The maximum Gasteiger partial charge on any atom is 0.245 e. The summed E-state index contributed by atoms with van der Waals surface area (Å²) >= 11 is 0. The summed E-state index contributed by atoms with van der Waals surface area (Å²) in [5.41, 5.74) is 14.1. The molecule has 222 valence electrons. The van der Waals surface area contributed by atoms with Crippen LogP contribution in [-0.4, -0.2) is 94.9 Å². The average molecular weight is 569 g/mol. The average Bonchev–Trinajstić information content (AvgIpc) is 2.96. The number of aliphatic hydroxyl groups is 1. The third-order valence-electron chi connectivity index (χ3n) is 7.88. The second-order valence-corrected chi connectivity index (χ2v) is 10.9. The smallest absolute Gasteiger partial charge is 0.245 e. The predicted molar refractivity (Wildman–Crippen MR) is 153 cm³/mol. The lowest BCUT2D eigenvalue weighted by Gasteiger charge is -2.33. The van der Waals surface area contributed by atoms with Gasteiger partial charge in [-0.3, -0.25) is 14.4 Å². The van der Waals surface area contributed by atoms with Crippen LogP contribution in [0.2, 0.25) is 0 Å². The zero-order valence-corrected chi connectivity index (χ0v) is 23.2. The van der Waals surface area contributed by atoms with Crippen molar-refractivity contribution in [1.82, 2.24) is 20.9 Å². The van der Waals surface area contributed by atoms with Crippen LogP contribution in [0.1, 0.15) is 30.4 Å². The maximum absolute atomic E-state index is 13.8. The Morgan fingerprint density at radius 2 is 1.63 bits per heavy atom. The van der Waals surface area contributed by atoms with E-state index in [2.05, 4.69) is 16.0 Å². The largest absolute Gasteiger partial charge is 0.508 e. The van der Waals surface area contributed by atoms with E-state index >= 15 is 0 Å². The molecule has 0 aromatic heterocycles.